The summed E-state index contributed by atoms with van der Waals surface area (Å²) in [5, 5.41) is 0. The topological polar surface area (TPSA) is 6.48 Å². The minimum atomic E-state index is 0.980. The molecule has 3 heteroatoms. The van der Waals surface area contributed by atoms with E-state index in [1.807, 2.05) is 0 Å². The molecule has 0 aliphatic carbocycles. The fourth-order valence-electron chi connectivity index (χ4n) is 2.50. The van der Waals surface area contributed by atoms with E-state index in [0.717, 1.165) is 20.6 Å². The molecule has 0 atom stereocenters. The number of rotatable bonds is 2. The lowest BCUT2D eigenvalue weighted by molar-refractivity contribution is 0.790. The van der Waals surface area contributed by atoms with E-state index in [-0.39, 0.29) is 0 Å². The quantitative estimate of drug-likeness (QED) is 0.739. The van der Waals surface area contributed by atoms with E-state index in [9.17, 15) is 0 Å². The zero-order chi connectivity index (χ0) is 12.2. The number of hydrogen-bond acceptors (Lipinski definition) is 2. The molecular weight excluding hydrogens is 219 g/mol. The molecule has 1 heterocycles. The van der Waals surface area contributed by atoms with Crippen molar-refractivity contribution in [3.8, 4) is 0 Å². The zero-order valence-corrected chi connectivity index (χ0v) is 10.5. The molecule has 1 fully saturated rings. The highest BCUT2D eigenvalue weighted by Gasteiger charge is 2.19. The molecule has 0 aromatic heterocycles. The van der Waals surface area contributed by atoms with Gasteiger partial charge in [-0.25, -0.2) is 0 Å². The molecule has 3 rings (SSSR count). The van der Waals surface area contributed by atoms with Gasteiger partial charge in [-0.3, -0.25) is 0 Å². The van der Waals surface area contributed by atoms with Crippen LogP contribution in [0.1, 0.15) is 6.42 Å². The Morgan fingerprint density at radius 3 is 1.56 bits per heavy atom. The van der Waals surface area contributed by atoms with Gasteiger partial charge in [-0.05, 0) is 30.7 Å². The van der Waals surface area contributed by atoms with Crippen LogP contribution in [0, 0.1) is 0 Å². The second-order valence-electron chi connectivity index (χ2n) is 4.69. The molecule has 0 saturated carbocycles. The monoisotopic (exact) mass is 236 g/mol. The number of benzene rings is 2. The molecule has 0 bridgehead atoms. The van der Waals surface area contributed by atoms with Gasteiger partial charge in [0.2, 0.25) is 0 Å². The Labute approximate surface area is 109 Å². The van der Waals surface area contributed by atoms with E-state index >= 15 is 0 Å². The molecule has 0 spiro atoms. The highest BCUT2D eigenvalue weighted by Crippen LogP contribution is 2.20. The van der Waals surface area contributed by atoms with Crippen molar-refractivity contribution in [1.29, 1.82) is 0 Å². The fraction of sp³-hybridized carbons (Fsp3) is 0.200. The molecule has 2 aromatic rings. The van der Waals surface area contributed by atoms with Crippen molar-refractivity contribution in [2.45, 2.75) is 6.42 Å². The summed E-state index contributed by atoms with van der Waals surface area (Å²) < 4.78 is 0. The first-order chi connectivity index (χ1) is 8.93. The highest BCUT2D eigenvalue weighted by molar-refractivity contribution is 6.47. The maximum absolute atomic E-state index is 2.44. The summed E-state index contributed by atoms with van der Waals surface area (Å²) in [5.41, 5.74) is 2.64. The third-order valence-electron chi connectivity index (χ3n) is 3.44. The first kappa shape index (κ1) is 11.2. The molecule has 1 aliphatic heterocycles. The molecule has 1 aliphatic rings. The standard InChI is InChI=1S/C15H17BN2/c1-3-8-14(9-4-1)17-12-7-13-18(16-17)15-10-5-2-6-11-15/h1-6,8-11,16H,7,12-13H2. The summed E-state index contributed by atoms with van der Waals surface area (Å²) >= 11 is 0. The lowest BCUT2D eigenvalue weighted by atomic mass is 9.95. The minimum absolute atomic E-state index is 0.980. The molecule has 1 saturated heterocycles. The lowest BCUT2D eigenvalue weighted by Crippen LogP contribution is -2.48. The van der Waals surface area contributed by atoms with Gasteiger partial charge >= 0.3 is 7.55 Å². The van der Waals surface area contributed by atoms with E-state index in [1.54, 1.807) is 0 Å². The van der Waals surface area contributed by atoms with Gasteiger partial charge in [-0.1, -0.05) is 36.4 Å². The SMILES string of the molecule is B1N(c2ccccc2)CCCN1c1ccccc1. The number of nitrogens with zero attached hydrogens (tertiary/aromatic N) is 2. The third-order valence-corrected chi connectivity index (χ3v) is 3.44. The van der Waals surface area contributed by atoms with Gasteiger partial charge < -0.3 is 9.62 Å². The van der Waals surface area contributed by atoms with Crippen LogP contribution < -0.4 is 9.62 Å². The highest BCUT2D eigenvalue weighted by atomic mass is 15.2. The molecule has 0 unspecified atom stereocenters. The van der Waals surface area contributed by atoms with Crippen LogP contribution in [0.25, 0.3) is 0 Å². The molecule has 0 N–H and O–H groups in total. The molecular formula is C15H17BN2. The van der Waals surface area contributed by atoms with Crippen molar-refractivity contribution >= 4 is 18.9 Å². The maximum atomic E-state index is 2.44. The second-order valence-corrected chi connectivity index (χ2v) is 4.69. The molecule has 0 radical (unpaired) electrons. The number of para-hydroxylation sites is 2. The smallest absolute Gasteiger partial charge is 0.356 e. The molecule has 0 amide bonds. The van der Waals surface area contributed by atoms with Crippen LogP contribution in [0.15, 0.2) is 60.7 Å². The minimum Gasteiger partial charge on any atom is -0.399 e. The predicted molar refractivity (Wildman–Crippen MR) is 79.3 cm³/mol. The van der Waals surface area contributed by atoms with E-state index in [4.69, 9.17) is 0 Å². The average Bonchev–Trinajstić information content (AvgIpc) is 2.49. The van der Waals surface area contributed by atoms with Crippen molar-refractivity contribution in [2.24, 2.45) is 0 Å². The molecule has 2 nitrogen and oxygen atoms in total. The van der Waals surface area contributed by atoms with Crippen molar-refractivity contribution in [1.82, 2.24) is 0 Å². The first-order valence-corrected chi connectivity index (χ1v) is 6.53. The van der Waals surface area contributed by atoms with Gasteiger partial charge in [0.15, 0.2) is 0 Å². The Hall–Kier alpha value is -1.90. The van der Waals surface area contributed by atoms with Gasteiger partial charge in [-0.15, -0.1) is 0 Å². The molecule has 90 valence electrons. The van der Waals surface area contributed by atoms with Crippen molar-refractivity contribution in [3.63, 3.8) is 0 Å². The van der Waals surface area contributed by atoms with Gasteiger partial charge in [-0.2, -0.15) is 0 Å². The van der Waals surface area contributed by atoms with Crippen LogP contribution >= 0.6 is 0 Å². The van der Waals surface area contributed by atoms with Crippen LogP contribution in [0.3, 0.4) is 0 Å². The Bertz CT molecular complexity index is 441. The third kappa shape index (κ3) is 2.35. The normalized spacial score (nSPS) is 15.3. The molecule has 2 aromatic carbocycles. The van der Waals surface area contributed by atoms with Gasteiger partial charge in [0.25, 0.3) is 0 Å². The van der Waals surface area contributed by atoms with Crippen LogP contribution in [0.5, 0.6) is 0 Å². The Morgan fingerprint density at radius 1 is 0.667 bits per heavy atom. The summed E-state index contributed by atoms with van der Waals surface area (Å²) in [6, 6.07) is 21.3. The fourth-order valence-corrected chi connectivity index (χ4v) is 2.50. The van der Waals surface area contributed by atoms with Crippen LogP contribution in [0.2, 0.25) is 0 Å². The predicted octanol–water partition coefficient (Wildman–Crippen LogP) is 2.67. The molecule has 18 heavy (non-hydrogen) atoms. The van der Waals surface area contributed by atoms with E-state index < -0.39 is 0 Å². The summed E-state index contributed by atoms with van der Waals surface area (Å²) in [6.07, 6.45) is 1.21. The Kier molecular flexibility index (Phi) is 3.22. The van der Waals surface area contributed by atoms with Gasteiger partial charge in [0.1, 0.15) is 0 Å². The van der Waals surface area contributed by atoms with Gasteiger partial charge in [0.05, 0.1) is 0 Å². The second kappa shape index (κ2) is 5.17. The summed E-state index contributed by atoms with van der Waals surface area (Å²) in [5.74, 6) is 0. The summed E-state index contributed by atoms with van der Waals surface area (Å²) in [7, 11) is 0.980. The summed E-state index contributed by atoms with van der Waals surface area (Å²) in [6.45, 7) is 2.29. The summed E-state index contributed by atoms with van der Waals surface area (Å²) in [4.78, 5) is 4.88. The van der Waals surface area contributed by atoms with E-state index in [1.165, 1.54) is 17.8 Å². The van der Waals surface area contributed by atoms with Crippen molar-refractivity contribution < 1.29 is 0 Å². The van der Waals surface area contributed by atoms with Crippen LogP contribution in [0.4, 0.5) is 11.4 Å². The number of hydrogen-bond donors (Lipinski definition) is 0. The van der Waals surface area contributed by atoms with Crippen molar-refractivity contribution in [2.75, 3.05) is 22.7 Å². The van der Waals surface area contributed by atoms with Crippen molar-refractivity contribution in [3.05, 3.63) is 60.7 Å². The lowest BCUT2D eigenvalue weighted by Gasteiger charge is -2.37. The maximum Gasteiger partial charge on any atom is 0.356 e. The Balaban J connectivity index is 1.77. The van der Waals surface area contributed by atoms with Crippen LogP contribution in [-0.2, 0) is 0 Å². The Morgan fingerprint density at radius 2 is 1.11 bits per heavy atom. The van der Waals surface area contributed by atoms with E-state index in [2.05, 4.69) is 70.3 Å². The van der Waals surface area contributed by atoms with Gasteiger partial charge in [0, 0.05) is 24.5 Å². The first-order valence-electron chi connectivity index (χ1n) is 6.53. The largest absolute Gasteiger partial charge is 0.399 e. The number of anilines is 2. The van der Waals surface area contributed by atoms with Crippen LogP contribution in [-0.4, -0.2) is 20.6 Å². The average molecular weight is 236 g/mol. The van der Waals surface area contributed by atoms with E-state index in [0.29, 0.717) is 0 Å². The zero-order valence-electron chi connectivity index (χ0n) is 10.5.